The lowest BCUT2D eigenvalue weighted by molar-refractivity contribution is -0.109. The maximum absolute atomic E-state index is 5.93. The van der Waals surface area contributed by atoms with Gasteiger partial charge in [-0.15, -0.1) is 0 Å². The zero-order valence-electron chi connectivity index (χ0n) is 6.66. The number of ether oxygens (including phenoxy) is 2. The van der Waals surface area contributed by atoms with E-state index in [1.54, 1.807) is 0 Å². The molecule has 0 aromatic heterocycles. The molecule has 3 atom stereocenters. The summed E-state index contributed by atoms with van der Waals surface area (Å²) in [7, 11) is 0. The summed E-state index contributed by atoms with van der Waals surface area (Å²) >= 11 is 0. The van der Waals surface area contributed by atoms with Crippen LogP contribution in [0.5, 0.6) is 0 Å². The van der Waals surface area contributed by atoms with E-state index in [4.69, 9.17) is 15.2 Å². The van der Waals surface area contributed by atoms with E-state index >= 15 is 0 Å². The van der Waals surface area contributed by atoms with Crippen molar-refractivity contribution < 1.29 is 9.47 Å². The van der Waals surface area contributed by atoms with E-state index in [0.717, 1.165) is 32.7 Å². The fraction of sp³-hybridized carbons (Fsp3) is 1.00. The van der Waals surface area contributed by atoms with Gasteiger partial charge in [0.15, 0.2) is 0 Å². The van der Waals surface area contributed by atoms with E-state index in [-0.39, 0.29) is 0 Å². The third-order valence-corrected chi connectivity index (χ3v) is 2.67. The number of hydrogen-bond donors (Lipinski definition) is 1. The SMILES string of the molecule is NC1CCOC2CCOCC12. The highest BCUT2D eigenvalue weighted by atomic mass is 16.5. The standard InChI is InChI=1S/C8H15NO2/c9-7-1-4-11-8-2-3-10-5-6(7)8/h6-8H,1-5,9H2. The van der Waals surface area contributed by atoms with Crippen LogP contribution in [0, 0.1) is 5.92 Å². The molecule has 0 saturated carbocycles. The van der Waals surface area contributed by atoms with Crippen LogP contribution in [0.1, 0.15) is 12.8 Å². The smallest absolute Gasteiger partial charge is 0.0662 e. The first-order valence-electron chi connectivity index (χ1n) is 4.33. The molecule has 0 aromatic carbocycles. The van der Waals surface area contributed by atoms with Crippen molar-refractivity contribution in [3.63, 3.8) is 0 Å². The van der Waals surface area contributed by atoms with Crippen molar-refractivity contribution in [2.75, 3.05) is 19.8 Å². The van der Waals surface area contributed by atoms with Crippen LogP contribution in [0.25, 0.3) is 0 Å². The molecule has 64 valence electrons. The van der Waals surface area contributed by atoms with E-state index in [1.165, 1.54) is 0 Å². The van der Waals surface area contributed by atoms with Crippen LogP contribution in [0.4, 0.5) is 0 Å². The molecule has 2 heterocycles. The maximum atomic E-state index is 5.93. The van der Waals surface area contributed by atoms with Gasteiger partial charge < -0.3 is 15.2 Å². The molecule has 0 spiro atoms. The van der Waals surface area contributed by atoms with Crippen LogP contribution in [0.2, 0.25) is 0 Å². The second-order valence-electron chi connectivity index (χ2n) is 3.39. The maximum Gasteiger partial charge on any atom is 0.0662 e. The Morgan fingerprint density at radius 1 is 1.18 bits per heavy atom. The number of rotatable bonds is 0. The Kier molecular flexibility index (Phi) is 2.11. The topological polar surface area (TPSA) is 44.5 Å². The molecule has 2 N–H and O–H groups in total. The van der Waals surface area contributed by atoms with Crippen LogP contribution in [0.3, 0.4) is 0 Å². The zero-order chi connectivity index (χ0) is 7.68. The largest absolute Gasteiger partial charge is 0.381 e. The number of nitrogens with two attached hydrogens (primary N) is 1. The highest BCUT2D eigenvalue weighted by Crippen LogP contribution is 2.25. The summed E-state index contributed by atoms with van der Waals surface area (Å²) < 4.78 is 10.9. The Morgan fingerprint density at radius 3 is 2.91 bits per heavy atom. The minimum Gasteiger partial charge on any atom is -0.381 e. The highest BCUT2D eigenvalue weighted by Gasteiger charge is 2.34. The fourth-order valence-corrected chi connectivity index (χ4v) is 1.92. The molecule has 0 radical (unpaired) electrons. The van der Waals surface area contributed by atoms with Gasteiger partial charge in [-0.2, -0.15) is 0 Å². The summed E-state index contributed by atoms with van der Waals surface area (Å²) in [6.07, 6.45) is 2.40. The first-order chi connectivity index (χ1) is 5.38. The van der Waals surface area contributed by atoms with Gasteiger partial charge in [0, 0.05) is 25.2 Å². The van der Waals surface area contributed by atoms with Crippen molar-refractivity contribution in [2.45, 2.75) is 25.0 Å². The summed E-state index contributed by atoms with van der Waals surface area (Å²) in [5.41, 5.74) is 5.93. The van der Waals surface area contributed by atoms with Gasteiger partial charge >= 0.3 is 0 Å². The van der Waals surface area contributed by atoms with Gasteiger partial charge in [-0.25, -0.2) is 0 Å². The monoisotopic (exact) mass is 157 g/mol. The zero-order valence-corrected chi connectivity index (χ0v) is 6.66. The summed E-state index contributed by atoms with van der Waals surface area (Å²) in [6.45, 7) is 2.47. The lowest BCUT2D eigenvalue weighted by Crippen LogP contribution is -2.49. The Morgan fingerprint density at radius 2 is 2.09 bits per heavy atom. The van der Waals surface area contributed by atoms with Crippen molar-refractivity contribution in [1.29, 1.82) is 0 Å². The molecule has 3 unspecified atom stereocenters. The number of fused-ring (bicyclic) bond motifs is 1. The van der Waals surface area contributed by atoms with Gasteiger partial charge in [0.25, 0.3) is 0 Å². The summed E-state index contributed by atoms with van der Waals surface area (Å²) in [5.74, 6) is 0.456. The van der Waals surface area contributed by atoms with Crippen LogP contribution < -0.4 is 5.73 Å². The minimum atomic E-state index is 0.300. The molecular formula is C8H15NO2. The molecule has 0 bridgehead atoms. The van der Waals surface area contributed by atoms with Crippen LogP contribution in [-0.4, -0.2) is 32.0 Å². The fourth-order valence-electron chi connectivity index (χ4n) is 1.92. The third kappa shape index (κ3) is 1.41. The van der Waals surface area contributed by atoms with E-state index < -0.39 is 0 Å². The molecular weight excluding hydrogens is 142 g/mol. The minimum absolute atomic E-state index is 0.300. The molecule has 0 aliphatic carbocycles. The molecule has 11 heavy (non-hydrogen) atoms. The molecule has 0 aromatic rings. The second-order valence-corrected chi connectivity index (χ2v) is 3.39. The second kappa shape index (κ2) is 3.09. The lowest BCUT2D eigenvalue weighted by Gasteiger charge is -2.39. The first-order valence-corrected chi connectivity index (χ1v) is 4.33. The predicted octanol–water partition coefficient (Wildman–Crippen LogP) is 0.139. The van der Waals surface area contributed by atoms with Crippen molar-refractivity contribution in [2.24, 2.45) is 11.7 Å². The average Bonchev–Trinajstić information content (AvgIpc) is 2.06. The van der Waals surface area contributed by atoms with Gasteiger partial charge in [-0.3, -0.25) is 0 Å². The summed E-state index contributed by atoms with van der Waals surface area (Å²) in [6, 6.07) is 0.300. The van der Waals surface area contributed by atoms with Crippen molar-refractivity contribution in [3.8, 4) is 0 Å². The predicted molar refractivity (Wildman–Crippen MR) is 41.3 cm³/mol. The highest BCUT2D eigenvalue weighted by molar-refractivity contribution is 4.85. The van der Waals surface area contributed by atoms with Crippen molar-refractivity contribution in [3.05, 3.63) is 0 Å². The molecule has 3 heteroatoms. The van der Waals surface area contributed by atoms with Crippen LogP contribution in [-0.2, 0) is 9.47 Å². The van der Waals surface area contributed by atoms with Gasteiger partial charge in [0.05, 0.1) is 12.7 Å². The average molecular weight is 157 g/mol. The Hall–Kier alpha value is -0.120. The molecule has 3 nitrogen and oxygen atoms in total. The van der Waals surface area contributed by atoms with Gasteiger partial charge in [0.1, 0.15) is 0 Å². The van der Waals surface area contributed by atoms with Crippen LogP contribution >= 0.6 is 0 Å². The van der Waals surface area contributed by atoms with Gasteiger partial charge in [0.2, 0.25) is 0 Å². The first kappa shape index (κ1) is 7.53. The van der Waals surface area contributed by atoms with Crippen LogP contribution in [0.15, 0.2) is 0 Å². The quantitative estimate of drug-likeness (QED) is 0.544. The lowest BCUT2D eigenvalue weighted by atomic mass is 9.87. The van der Waals surface area contributed by atoms with E-state index in [0.29, 0.717) is 18.1 Å². The normalized spacial score (nSPS) is 45.0. The van der Waals surface area contributed by atoms with Gasteiger partial charge in [-0.1, -0.05) is 0 Å². The molecule has 2 saturated heterocycles. The number of hydrogen-bond acceptors (Lipinski definition) is 3. The van der Waals surface area contributed by atoms with Crippen molar-refractivity contribution >= 4 is 0 Å². The molecule has 0 amide bonds. The summed E-state index contributed by atoms with van der Waals surface area (Å²) in [5, 5.41) is 0. The molecule has 2 aliphatic rings. The molecule has 2 aliphatic heterocycles. The molecule has 2 fully saturated rings. The van der Waals surface area contributed by atoms with E-state index in [1.807, 2.05) is 0 Å². The van der Waals surface area contributed by atoms with E-state index in [9.17, 15) is 0 Å². The van der Waals surface area contributed by atoms with Gasteiger partial charge in [-0.05, 0) is 12.8 Å². The molecule has 2 rings (SSSR count). The Bertz CT molecular complexity index is 138. The van der Waals surface area contributed by atoms with E-state index in [2.05, 4.69) is 0 Å². The Balaban J connectivity index is 1.99. The summed E-state index contributed by atoms with van der Waals surface area (Å²) in [4.78, 5) is 0. The van der Waals surface area contributed by atoms with Crippen molar-refractivity contribution in [1.82, 2.24) is 0 Å². The Labute approximate surface area is 66.8 Å². The third-order valence-electron chi connectivity index (χ3n) is 2.67.